The molecule has 114 valence electrons. The maximum absolute atomic E-state index is 12.4. The van der Waals surface area contributed by atoms with Gasteiger partial charge >= 0.3 is 0 Å². The first-order valence-electron chi connectivity index (χ1n) is 7.40. The Bertz CT molecular complexity index is 669. The van der Waals surface area contributed by atoms with Crippen LogP contribution in [0.3, 0.4) is 0 Å². The number of fused-ring (bicyclic) bond motifs is 1. The van der Waals surface area contributed by atoms with E-state index >= 15 is 0 Å². The SMILES string of the molecule is C[C@@H](NC(=O)[C@@H]1COc2ccccc2C1)c1ccc(Cl)cc1. The Morgan fingerprint density at radius 2 is 1.95 bits per heavy atom. The number of rotatable bonds is 3. The average molecular weight is 316 g/mol. The van der Waals surface area contributed by atoms with Crippen molar-refractivity contribution in [1.29, 1.82) is 0 Å². The number of benzene rings is 2. The minimum Gasteiger partial charge on any atom is -0.492 e. The molecule has 0 aliphatic carbocycles. The van der Waals surface area contributed by atoms with Crippen molar-refractivity contribution in [3.05, 3.63) is 64.7 Å². The zero-order valence-electron chi connectivity index (χ0n) is 12.4. The third kappa shape index (κ3) is 3.25. The minimum atomic E-state index is -0.148. The molecule has 2 aromatic rings. The largest absolute Gasteiger partial charge is 0.492 e. The third-order valence-corrected chi connectivity index (χ3v) is 4.23. The van der Waals surface area contributed by atoms with Gasteiger partial charge in [0.1, 0.15) is 12.4 Å². The van der Waals surface area contributed by atoms with Gasteiger partial charge in [-0.25, -0.2) is 0 Å². The second-order valence-electron chi connectivity index (χ2n) is 5.60. The molecule has 0 aromatic heterocycles. The maximum Gasteiger partial charge on any atom is 0.227 e. The zero-order chi connectivity index (χ0) is 15.5. The Morgan fingerprint density at radius 3 is 2.73 bits per heavy atom. The molecule has 22 heavy (non-hydrogen) atoms. The van der Waals surface area contributed by atoms with Crippen LogP contribution in [0.2, 0.25) is 5.02 Å². The van der Waals surface area contributed by atoms with Crippen LogP contribution in [0.1, 0.15) is 24.1 Å². The van der Waals surface area contributed by atoms with Crippen LogP contribution in [0, 0.1) is 5.92 Å². The molecule has 0 radical (unpaired) electrons. The molecule has 1 aliphatic heterocycles. The van der Waals surface area contributed by atoms with Crippen molar-refractivity contribution in [3.63, 3.8) is 0 Å². The van der Waals surface area contributed by atoms with Crippen LogP contribution in [0.15, 0.2) is 48.5 Å². The summed E-state index contributed by atoms with van der Waals surface area (Å²) in [5.41, 5.74) is 2.13. The highest BCUT2D eigenvalue weighted by molar-refractivity contribution is 6.30. The number of hydrogen-bond donors (Lipinski definition) is 1. The van der Waals surface area contributed by atoms with Gasteiger partial charge in [-0.2, -0.15) is 0 Å². The average Bonchev–Trinajstić information content (AvgIpc) is 2.55. The quantitative estimate of drug-likeness (QED) is 0.936. The number of carbonyl (C=O) groups excluding carboxylic acids is 1. The number of hydrogen-bond acceptors (Lipinski definition) is 2. The lowest BCUT2D eigenvalue weighted by Gasteiger charge is -2.26. The molecule has 1 heterocycles. The standard InChI is InChI=1S/C18H18ClNO2/c1-12(13-6-8-16(19)9-7-13)20-18(21)15-10-14-4-2-3-5-17(14)22-11-15/h2-9,12,15H,10-11H2,1H3,(H,20,21)/t12-,15+/m1/s1. The molecule has 0 fully saturated rings. The van der Waals surface area contributed by atoms with E-state index in [9.17, 15) is 4.79 Å². The van der Waals surface area contributed by atoms with E-state index in [1.165, 1.54) is 0 Å². The molecule has 4 heteroatoms. The molecule has 0 saturated heterocycles. The molecule has 0 spiro atoms. The molecule has 0 bridgehead atoms. The van der Waals surface area contributed by atoms with Crippen LogP contribution < -0.4 is 10.1 Å². The Labute approximate surface area is 135 Å². The summed E-state index contributed by atoms with van der Waals surface area (Å²) in [6.45, 7) is 2.40. The first kappa shape index (κ1) is 14.9. The van der Waals surface area contributed by atoms with Gasteiger partial charge in [0.25, 0.3) is 0 Å². The van der Waals surface area contributed by atoms with E-state index in [1.54, 1.807) is 0 Å². The van der Waals surface area contributed by atoms with Gasteiger partial charge < -0.3 is 10.1 Å². The van der Waals surface area contributed by atoms with Crippen molar-refractivity contribution in [2.24, 2.45) is 5.92 Å². The summed E-state index contributed by atoms with van der Waals surface area (Å²) >= 11 is 5.89. The molecule has 1 aliphatic rings. The third-order valence-electron chi connectivity index (χ3n) is 3.98. The summed E-state index contributed by atoms with van der Waals surface area (Å²) in [6.07, 6.45) is 0.718. The Hall–Kier alpha value is -2.00. The first-order valence-corrected chi connectivity index (χ1v) is 7.78. The number of ether oxygens (including phenoxy) is 1. The van der Waals surface area contributed by atoms with Crippen LogP contribution in [0.5, 0.6) is 5.75 Å². The predicted molar refractivity (Wildman–Crippen MR) is 87.1 cm³/mol. The number of para-hydroxylation sites is 1. The van der Waals surface area contributed by atoms with E-state index in [1.807, 2.05) is 55.5 Å². The van der Waals surface area contributed by atoms with E-state index in [4.69, 9.17) is 16.3 Å². The fourth-order valence-corrected chi connectivity index (χ4v) is 2.79. The van der Waals surface area contributed by atoms with E-state index < -0.39 is 0 Å². The summed E-state index contributed by atoms with van der Waals surface area (Å²) in [6, 6.07) is 15.3. The van der Waals surface area contributed by atoms with Crippen LogP contribution in [0.4, 0.5) is 0 Å². The Morgan fingerprint density at radius 1 is 1.23 bits per heavy atom. The van der Waals surface area contributed by atoms with Gasteiger partial charge in [-0.3, -0.25) is 4.79 Å². The van der Waals surface area contributed by atoms with E-state index in [0.29, 0.717) is 11.6 Å². The molecule has 1 N–H and O–H groups in total. The molecular weight excluding hydrogens is 298 g/mol. The lowest BCUT2D eigenvalue weighted by atomic mass is 9.95. The smallest absolute Gasteiger partial charge is 0.227 e. The summed E-state index contributed by atoms with van der Waals surface area (Å²) in [5.74, 6) is 0.763. The molecule has 3 nitrogen and oxygen atoms in total. The van der Waals surface area contributed by atoms with Crippen LogP contribution in [-0.4, -0.2) is 12.5 Å². The van der Waals surface area contributed by atoms with Crippen molar-refractivity contribution in [2.45, 2.75) is 19.4 Å². The number of amides is 1. The van der Waals surface area contributed by atoms with Gasteiger partial charge in [-0.05, 0) is 42.7 Å². The topological polar surface area (TPSA) is 38.3 Å². The molecule has 2 atom stereocenters. The summed E-state index contributed by atoms with van der Waals surface area (Å²) < 4.78 is 5.68. The van der Waals surface area contributed by atoms with E-state index in [2.05, 4.69) is 5.32 Å². The highest BCUT2D eigenvalue weighted by Gasteiger charge is 2.26. The number of halogens is 1. The van der Waals surface area contributed by atoms with Crippen molar-refractivity contribution >= 4 is 17.5 Å². The minimum absolute atomic E-state index is 0.0250. The number of carbonyl (C=O) groups is 1. The van der Waals surface area contributed by atoms with E-state index in [-0.39, 0.29) is 17.9 Å². The molecule has 0 unspecified atom stereocenters. The molecule has 3 rings (SSSR count). The molecule has 2 aromatic carbocycles. The van der Waals surface area contributed by atoms with Gasteiger partial charge in [0.05, 0.1) is 12.0 Å². The summed E-state index contributed by atoms with van der Waals surface area (Å²) in [7, 11) is 0. The lowest BCUT2D eigenvalue weighted by Crippen LogP contribution is -2.38. The number of nitrogens with one attached hydrogen (secondary N) is 1. The van der Waals surface area contributed by atoms with Crippen LogP contribution >= 0.6 is 11.6 Å². The van der Waals surface area contributed by atoms with Gasteiger partial charge in [0.2, 0.25) is 5.91 Å². The monoisotopic (exact) mass is 315 g/mol. The van der Waals surface area contributed by atoms with Gasteiger partial charge in [-0.1, -0.05) is 41.9 Å². The molecule has 0 saturated carbocycles. The van der Waals surface area contributed by atoms with Crippen LogP contribution in [0.25, 0.3) is 0 Å². The Kier molecular flexibility index (Phi) is 4.34. The molecule has 1 amide bonds. The Balaban J connectivity index is 1.64. The second-order valence-corrected chi connectivity index (χ2v) is 6.04. The van der Waals surface area contributed by atoms with Gasteiger partial charge in [0, 0.05) is 5.02 Å². The van der Waals surface area contributed by atoms with Crippen LogP contribution in [-0.2, 0) is 11.2 Å². The normalized spacial score (nSPS) is 18.0. The maximum atomic E-state index is 12.4. The zero-order valence-corrected chi connectivity index (χ0v) is 13.1. The second kappa shape index (κ2) is 6.41. The fourth-order valence-electron chi connectivity index (χ4n) is 2.66. The predicted octanol–water partition coefficient (Wildman–Crippen LogP) is 3.77. The van der Waals surface area contributed by atoms with Crippen molar-refractivity contribution in [1.82, 2.24) is 5.32 Å². The summed E-state index contributed by atoms with van der Waals surface area (Å²) in [4.78, 5) is 12.4. The highest BCUT2D eigenvalue weighted by Crippen LogP contribution is 2.27. The van der Waals surface area contributed by atoms with Crippen molar-refractivity contribution < 1.29 is 9.53 Å². The first-order chi connectivity index (χ1) is 10.6. The van der Waals surface area contributed by atoms with Crippen molar-refractivity contribution in [3.8, 4) is 5.75 Å². The highest BCUT2D eigenvalue weighted by atomic mass is 35.5. The fraction of sp³-hybridized carbons (Fsp3) is 0.278. The summed E-state index contributed by atoms with van der Waals surface area (Å²) in [5, 5.41) is 3.75. The van der Waals surface area contributed by atoms with Gasteiger partial charge in [0.15, 0.2) is 0 Å². The molecular formula is C18H18ClNO2. The van der Waals surface area contributed by atoms with Gasteiger partial charge in [-0.15, -0.1) is 0 Å². The van der Waals surface area contributed by atoms with E-state index in [0.717, 1.165) is 23.3 Å². The lowest BCUT2D eigenvalue weighted by molar-refractivity contribution is -0.126. The van der Waals surface area contributed by atoms with Crippen molar-refractivity contribution in [2.75, 3.05) is 6.61 Å².